The molecule has 2 aromatic rings. The maximum absolute atomic E-state index is 9.99. The average molecular weight is 366 g/mol. The molecular formula is C24H31NO2. The molecule has 3 nitrogen and oxygen atoms in total. The van der Waals surface area contributed by atoms with E-state index >= 15 is 0 Å². The molecule has 4 rings (SSSR count). The van der Waals surface area contributed by atoms with Crippen molar-refractivity contribution < 1.29 is 9.84 Å². The summed E-state index contributed by atoms with van der Waals surface area (Å²) in [6.07, 6.45) is 6.67. The Morgan fingerprint density at radius 2 is 1.33 bits per heavy atom. The molecule has 0 unspecified atom stereocenters. The Morgan fingerprint density at radius 3 is 1.81 bits per heavy atom. The van der Waals surface area contributed by atoms with Crippen molar-refractivity contribution in [2.24, 2.45) is 0 Å². The van der Waals surface area contributed by atoms with Gasteiger partial charge < -0.3 is 9.84 Å². The van der Waals surface area contributed by atoms with E-state index in [1.165, 1.54) is 24.0 Å². The van der Waals surface area contributed by atoms with Gasteiger partial charge in [0.1, 0.15) is 0 Å². The van der Waals surface area contributed by atoms with Gasteiger partial charge >= 0.3 is 0 Å². The zero-order chi connectivity index (χ0) is 18.5. The fourth-order valence-electron chi connectivity index (χ4n) is 4.09. The maximum Gasteiger partial charge on any atom is 0.0882 e. The van der Waals surface area contributed by atoms with Crippen molar-refractivity contribution in [2.75, 3.05) is 6.61 Å². The second kappa shape index (κ2) is 8.55. The molecule has 1 N–H and O–H groups in total. The van der Waals surface area contributed by atoms with Crippen molar-refractivity contribution >= 4 is 0 Å². The first kappa shape index (κ1) is 18.7. The number of nitrogens with zero attached hydrogens (tertiary/aromatic N) is 1. The van der Waals surface area contributed by atoms with Crippen molar-refractivity contribution in [3.8, 4) is 0 Å². The molecule has 2 aromatic carbocycles. The quantitative estimate of drug-likeness (QED) is 0.745. The zero-order valence-corrected chi connectivity index (χ0v) is 16.1. The van der Waals surface area contributed by atoms with Crippen LogP contribution < -0.4 is 0 Å². The van der Waals surface area contributed by atoms with E-state index in [9.17, 15) is 5.11 Å². The van der Waals surface area contributed by atoms with Crippen molar-refractivity contribution in [3.05, 3.63) is 71.8 Å². The minimum Gasteiger partial charge on any atom is -0.387 e. The van der Waals surface area contributed by atoms with Crippen LogP contribution in [0.15, 0.2) is 60.7 Å². The van der Waals surface area contributed by atoms with E-state index in [0.717, 1.165) is 38.8 Å². The molecule has 0 saturated heterocycles. The molecule has 144 valence electrons. The summed E-state index contributed by atoms with van der Waals surface area (Å²) < 4.78 is 6.01. The molecule has 0 bridgehead atoms. The first-order chi connectivity index (χ1) is 13.2. The van der Waals surface area contributed by atoms with Crippen LogP contribution in [0.4, 0.5) is 0 Å². The third kappa shape index (κ3) is 5.41. The molecule has 0 amide bonds. The fraction of sp³-hybridized carbons (Fsp3) is 0.500. The lowest BCUT2D eigenvalue weighted by molar-refractivity contribution is -0.0446. The molecule has 0 radical (unpaired) electrons. The lowest BCUT2D eigenvalue weighted by atomic mass is 9.91. The van der Waals surface area contributed by atoms with Gasteiger partial charge in [-0.15, -0.1) is 0 Å². The molecule has 0 spiro atoms. The smallest absolute Gasteiger partial charge is 0.0882 e. The highest BCUT2D eigenvalue weighted by atomic mass is 16.5. The highest BCUT2D eigenvalue weighted by Gasteiger charge is 2.41. The summed E-state index contributed by atoms with van der Waals surface area (Å²) in [5, 5.41) is 9.99. The van der Waals surface area contributed by atoms with Crippen LogP contribution in [0.1, 0.15) is 49.7 Å². The predicted octanol–water partition coefficient (Wildman–Crippen LogP) is 4.54. The average Bonchev–Trinajstić information content (AvgIpc) is 3.46. The van der Waals surface area contributed by atoms with Crippen LogP contribution in [0.2, 0.25) is 0 Å². The summed E-state index contributed by atoms with van der Waals surface area (Å²) in [7, 11) is 0. The van der Waals surface area contributed by atoms with Crippen LogP contribution in [-0.4, -0.2) is 34.4 Å². The fourth-order valence-corrected chi connectivity index (χ4v) is 4.09. The summed E-state index contributed by atoms with van der Waals surface area (Å²) in [6.45, 7) is 2.51. The van der Waals surface area contributed by atoms with E-state index in [2.05, 4.69) is 65.6 Å². The molecule has 0 aromatic heterocycles. The highest BCUT2D eigenvalue weighted by molar-refractivity contribution is 5.17. The second-order valence-corrected chi connectivity index (χ2v) is 8.34. The summed E-state index contributed by atoms with van der Waals surface area (Å²) >= 11 is 0. The van der Waals surface area contributed by atoms with Gasteiger partial charge in [-0.1, -0.05) is 60.7 Å². The van der Waals surface area contributed by atoms with Crippen LogP contribution in [0, 0.1) is 0 Å². The Hall–Kier alpha value is -1.68. The molecular weight excluding hydrogens is 334 g/mol. The van der Waals surface area contributed by atoms with Gasteiger partial charge in [0.15, 0.2) is 0 Å². The standard InChI is InChI=1S/C24H31NO2/c26-24(15-16-24)19-27-23-13-11-22(12-14-23)25(17-20-7-3-1-4-8-20)18-21-9-5-2-6-10-21/h1-10,22-23,26H,11-19H2/t22-,23-. The van der Waals surface area contributed by atoms with Crippen molar-refractivity contribution in [3.63, 3.8) is 0 Å². The monoisotopic (exact) mass is 365 g/mol. The largest absolute Gasteiger partial charge is 0.387 e. The van der Waals surface area contributed by atoms with E-state index < -0.39 is 5.60 Å². The molecule has 3 heteroatoms. The van der Waals surface area contributed by atoms with E-state index in [1.54, 1.807) is 0 Å². The molecule has 2 fully saturated rings. The van der Waals surface area contributed by atoms with E-state index in [-0.39, 0.29) is 0 Å². The van der Waals surface area contributed by atoms with Gasteiger partial charge in [-0.25, -0.2) is 0 Å². The first-order valence-corrected chi connectivity index (χ1v) is 10.4. The second-order valence-electron chi connectivity index (χ2n) is 8.34. The van der Waals surface area contributed by atoms with E-state index in [4.69, 9.17) is 4.74 Å². The summed E-state index contributed by atoms with van der Waals surface area (Å²) in [4.78, 5) is 2.63. The first-order valence-electron chi connectivity index (χ1n) is 10.4. The molecule has 2 aliphatic carbocycles. The molecule has 0 atom stereocenters. The summed E-state index contributed by atoms with van der Waals surface area (Å²) in [5.41, 5.74) is 2.26. The minimum atomic E-state index is -0.497. The number of hydrogen-bond acceptors (Lipinski definition) is 3. The van der Waals surface area contributed by atoms with E-state index in [1.807, 2.05) is 0 Å². The Labute approximate surface area is 163 Å². The highest BCUT2D eigenvalue weighted by Crippen LogP contribution is 2.36. The van der Waals surface area contributed by atoms with Gasteiger partial charge in [0.25, 0.3) is 0 Å². The number of rotatable bonds is 8. The summed E-state index contributed by atoms with van der Waals surface area (Å²) in [5.74, 6) is 0. The SMILES string of the molecule is OC1(CO[C@H]2CC[C@H](N(Cc3ccccc3)Cc3ccccc3)CC2)CC1. The zero-order valence-electron chi connectivity index (χ0n) is 16.1. The third-order valence-electron chi connectivity index (χ3n) is 6.03. The number of aliphatic hydroxyl groups is 1. The number of ether oxygens (including phenoxy) is 1. The van der Waals surface area contributed by atoms with Crippen molar-refractivity contribution in [1.29, 1.82) is 0 Å². The van der Waals surface area contributed by atoms with Crippen LogP contribution in [-0.2, 0) is 17.8 Å². The Morgan fingerprint density at radius 1 is 0.815 bits per heavy atom. The van der Waals surface area contributed by atoms with Gasteiger partial charge in [-0.2, -0.15) is 0 Å². The lowest BCUT2D eigenvalue weighted by Gasteiger charge is -2.37. The van der Waals surface area contributed by atoms with Gasteiger partial charge in [0.05, 0.1) is 18.3 Å². The molecule has 0 aliphatic heterocycles. The number of benzene rings is 2. The Balaban J connectivity index is 1.36. The molecule has 27 heavy (non-hydrogen) atoms. The summed E-state index contributed by atoms with van der Waals surface area (Å²) in [6, 6.07) is 22.2. The van der Waals surface area contributed by atoms with E-state index in [0.29, 0.717) is 18.8 Å². The minimum absolute atomic E-state index is 0.321. The van der Waals surface area contributed by atoms with Gasteiger partial charge in [0.2, 0.25) is 0 Å². The lowest BCUT2D eigenvalue weighted by Crippen LogP contribution is -2.39. The third-order valence-corrected chi connectivity index (χ3v) is 6.03. The maximum atomic E-state index is 9.99. The Bertz CT molecular complexity index is 649. The van der Waals surface area contributed by atoms with Gasteiger partial charge in [-0.3, -0.25) is 4.90 Å². The van der Waals surface area contributed by atoms with Crippen LogP contribution in [0.3, 0.4) is 0 Å². The van der Waals surface area contributed by atoms with Gasteiger partial charge in [0, 0.05) is 19.1 Å². The van der Waals surface area contributed by atoms with Gasteiger partial charge in [-0.05, 0) is 49.7 Å². The molecule has 2 saturated carbocycles. The Kier molecular flexibility index (Phi) is 5.92. The van der Waals surface area contributed by atoms with Crippen molar-refractivity contribution in [2.45, 2.75) is 69.4 Å². The van der Waals surface area contributed by atoms with Crippen LogP contribution >= 0.6 is 0 Å². The predicted molar refractivity (Wildman–Crippen MR) is 108 cm³/mol. The topological polar surface area (TPSA) is 32.7 Å². The van der Waals surface area contributed by atoms with Crippen LogP contribution in [0.25, 0.3) is 0 Å². The normalized spacial score (nSPS) is 24.1. The van der Waals surface area contributed by atoms with Crippen molar-refractivity contribution in [1.82, 2.24) is 4.90 Å². The molecule has 2 aliphatic rings. The molecule has 0 heterocycles. The van der Waals surface area contributed by atoms with Crippen LogP contribution in [0.5, 0.6) is 0 Å². The number of hydrogen-bond donors (Lipinski definition) is 1.